The molecule has 1 rings (SSSR count). The largest absolute Gasteiger partial charge is 0.508 e. The second kappa shape index (κ2) is 4.08. The Kier molecular flexibility index (Phi) is 3.06. The van der Waals surface area contributed by atoms with E-state index in [2.05, 4.69) is 0 Å². The number of hydrogen-bond acceptors (Lipinski definition) is 4. The molecule has 0 saturated carbocycles. The van der Waals surface area contributed by atoms with Crippen molar-refractivity contribution in [3.8, 4) is 5.75 Å². The van der Waals surface area contributed by atoms with E-state index in [4.69, 9.17) is 15.9 Å². The van der Waals surface area contributed by atoms with Crippen molar-refractivity contribution in [2.24, 2.45) is 5.73 Å². The minimum Gasteiger partial charge on any atom is -0.508 e. The predicted octanol–water partition coefficient (Wildman–Crippen LogP) is -0.0311. The number of hydrogen-bond donors (Lipinski definition) is 4. The molecule has 0 aliphatic rings. The van der Waals surface area contributed by atoms with Crippen LogP contribution in [-0.4, -0.2) is 21.3 Å². The Bertz CT molecular complexity index is 351. The number of benzene rings is 1. The Labute approximate surface area is 80.4 Å². The van der Waals surface area contributed by atoms with Crippen LogP contribution in [0.5, 0.6) is 5.75 Å². The fourth-order valence-corrected chi connectivity index (χ4v) is 1.07. The van der Waals surface area contributed by atoms with Crippen molar-refractivity contribution >= 4 is 5.97 Å². The van der Waals surface area contributed by atoms with Gasteiger partial charge in [-0.3, -0.25) is 4.79 Å². The Balaban J connectivity index is 3.06. The average Bonchev–Trinajstić information content (AvgIpc) is 2.17. The lowest BCUT2D eigenvalue weighted by molar-refractivity contribution is -0.138. The van der Waals surface area contributed by atoms with Crippen molar-refractivity contribution < 1.29 is 20.1 Å². The first-order chi connectivity index (χ1) is 6.56. The van der Waals surface area contributed by atoms with Gasteiger partial charge < -0.3 is 21.1 Å². The van der Waals surface area contributed by atoms with Gasteiger partial charge in [-0.2, -0.15) is 0 Å². The van der Waals surface area contributed by atoms with E-state index in [0.717, 1.165) is 0 Å². The molecule has 5 N–H and O–H groups in total. The molecule has 5 nitrogen and oxygen atoms in total. The van der Waals surface area contributed by atoms with Gasteiger partial charge in [0.05, 0.1) is 6.61 Å². The molecule has 1 atom stereocenters. The number of carboxylic acids is 1. The summed E-state index contributed by atoms with van der Waals surface area (Å²) in [6.07, 6.45) is 0. The third-order valence-electron chi connectivity index (χ3n) is 1.90. The first-order valence-electron chi connectivity index (χ1n) is 3.97. The number of aliphatic hydroxyl groups is 1. The topological polar surface area (TPSA) is 104 Å². The molecule has 0 fully saturated rings. The fraction of sp³-hybridized carbons (Fsp3) is 0.222. The summed E-state index contributed by atoms with van der Waals surface area (Å²) in [6, 6.07) is 2.95. The van der Waals surface area contributed by atoms with Gasteiger partial charge in [-0.1, -0.05) is 6.07 Å². The smallest absolute Gasteiger partial charge is 0.325 e. The SMILES string of the molecule is N[C@H](C(=O)O)c1ccc(O)c(CO)c1. The number of aliphatic carboxylic acids is 1. The van der Waals surface area contributed by atoms with E-state index in [1.54, 1.807) is 0 Å². The van der Waals surface area contributed by atoms with Gasteiger partial charge in [0.2, 0.25) is 0 Å². The summed E-state index contributed by atoms with van der Waals surface area (Å²) in [6.45, 7) is -0.355. The molecule has 5 heteroatoms. The van der Waals surface area contributed by atoms with E-state index < -0.39 is 12.0 Å². The average molecular weight is 197 g/mol. The highest BCUT2D eigenvalue weighted by molar-refractivity contribution is 5.75. The molecule has 0 radical (unpaired) electrons. The van der Waals surface area contributed by atoms with E-state index >= 15 is 0 Å². The van der Waals surface area contributed by atoms with Crippen molar-refractivity contribution in [2.45, 2.75) is 12.6 Å². The van der Waals surface area contributed by atoms with Crippen LogP contribution in [0.4, 0.5) is 0 Å². The van der Waals surface area contributed by atoms with Gasteiger partial charge in [-0.15, -0.1) is 0 Å². The maximum atomic E-state index is 10.5. The maximum Gasteiger partial charge on any atom is 0.325 e. The molecule has 14 heavy (non-hydrogen) atoms. The van der Waals surface area contributed by atoms with Crippen LogP contribution < -0.4 is 5.73 Å². The molecular formula is C9H11NO4. The number of phenols is 1. The summed E-state index contributed by atoms with van der Waals surface area (Å²) in [5.74, 6) is -1.23. The summed E-state index contributed by atoms with van der Waals surface area (Å²) in [5.41, 5.74) is 5.96. The van der Waals surface area contributed by atoms with Crippen LogP contribution in [0.25, 0.3) is 0 Å². The molecule has 0 unspecified atom stereocenters. The number of aliphatic hydroxyl groups excluding tert-OH is 1. The molecule has 0 aromatic heterocycles. The minimum absolute atomic E-state index is 0.0751. The first-order valence-corrected chi connectivity index (χ1v) is 3.97. The molecule has 76 valence electrons. The highest BCUT2D eigenvalue weighted by Gasteiger charge is 2.15. The summed E-state index contributed by atoms with van der Waals surface area (Å²) in [4.78, 5) is 10.5. The van der Waals surface area contributed by atoms with Gasteiger partial charge in [0, 0.05) is 5.56 Å². The van der Waals surface area contributed by atoms with Gasteiger partial charge in [0.25, 0.3) is 0 Å². The first kappa shape index (κ1) is 10.5. The zero-order chi connectivity index (χ0) is 10.7. The molecule has 1 aromatic carbocycles. The van der Waals surface area contributed by atoms with Crippen LogP contribution in [0.1, 0.15) is 17.2 Å². The van der Waals surface area contributed by atoms with Crippen molar-refractivity contribution in [3.05, 3.63) is 29.3 Å². The highest BCUT2D eigenvalue weighted by atomic mass is 16.4. The second-order valence-corrected chi connectivity index (χ2v) is 2.86. The number of aromatic hydroxyl groups is 1. The van der Waals surface area contributed by atoms with Crippen molar-refractivity contribution in [2.75, 3.05) is 0 Å². The quantitative estimate of drug-likeness (QED) is 0.544. The van der Waals surface area contributed by atoms with Gasteiger partial charge in [0.1, 0.15) is 11.8 Å². The molecule has 0 aliphatic heterocycles. The van der Waals surface area contributed by atoms with Crippen LogP contribution in [-0.2, 0) is 11.4 Å². The standard InChI is InChI=1S/C9H11NO4/c10-8(9(13)14)5-1-2-7(12)6(3-5)4-11/h1-3,8,11-12H,4,10H2,(H,13,14)/t8-/m0/s1. The molecule has 0 spiro atoms. The zero-order valence-corrected chi connectivity index (χ0v) is 7.34. The Hall–Kier alpha value is -1.59. The summed E-state index contributed by atoms with van der Waals surface area (Å²) in [5, 5.41) is 26.6. The number of rotatable bonds is 3. The Morgan fingerprint density at radius 1 is 1.50 bits per heavy atom. The van der Waals surface area contributed by atoms with Crippen molar-refractivity contribution in [1.82, 2.24) is 0 Å². The summed E-state index contributed by atoms with van der Waals surface area (Å²) < 4.78 is 0. The monoisotopic (exact) mass is 197 g/mol. The van der Waals surface area contributed by atoms with Crippen molar-refractivity contribution in [1.29, 1.82) is 0 Å². The van der Waals surface area contributed by atoms with Crippen LogP contribution in [0.3, 0.4) is 0 Å². The molecule has 1 aromatic rings. The third-order valence-corrected chi connectivity index (χ3v) is 1.90. The molecule has 0 amide bonds. The van der Waals surface area contributed by atoms with E-state index in [-0.39, 0.29) is 17.9 Å². The second-order valence-electron chi connectivity index (χ2n) is 2.86. The zero-order valence-electron chi connectivity index (χ0n) is 7.34. The van der Waals surface area contributed by atoms with Crippen LogP contribution in [0, 0.1) is 0 Å². The van der Waals surface area contributed by atoms with E-state index in [1.807, 2.05) is 0 Å². The predicted molar refractivity (Wildman–Crippen MR) is 48.6 cm³/mol. The molecule has 0 saturated heterocycles. The van der Waals surface area contributed by atoms with Gasteiger partial charge in [-0.25, -0.2) is 0 Å². The van der Waals surface area contributed by atoms with Gasteiger partial charge in [0.15, 0.2) is 0 Å². The number of nitrogens with two attached hydrogens (primary N) is 1. The van der Waals surface area contributed by atoms with E-state index in [0.29, 0.717) is 5.56 Å². The van der Waals surface area contributed by atoms with E-state index in [1.165, 1.54) is 18.2 Å². The van der Waals surface area contributed by atoms with Crippen molar-refractivity contribution in [3.63, 3.8) is 0 Å². The van der Waals surface area contributed by atoms with Gasteiger partial charge in [-0.05, 0) is 17.7 Å². The van der Waals surface area contributed by atoms with Crippen LogP contribution in [0.2, 0.25) is 0 Å². The summed E-state index contributed by atoms with van der Waals surface area (Å²) >= 11 is 0. The van der Waals surface area contributed by atoms with Crippen LogP contribution in [0.15, 0.2) is 18.2 Å². The number of carboxylic acid groups (broad SMARTS) is 1. The normalized spacial score (nSPS) is 12.4. The lowest BCUT2D eigenvalue weighted by Crippen LogP contribution is -2.20. The Morgan fingerprint density at radius 3 is 2.64 bits per heavy atom. The lowest BCUT2D eigenvalue weighted by Gasteiger charge is -2.09. The maximum absolute atomic E-state index is 10.5. The molecule has 0 aliphatic carbocycles. The third kappa shape index (κ3) is 2.01. The Morgan fingerprint density at radius 2 is 2.14 bits per heavy atom. The molecule has 0 bridgehead atoms. The lowest BCUT2D eigenvalue weighted by atomic mass is 10.0. The number of carbonyl (C=O) groups is 1. The summed E-state index contributed by atoms with van der Waals surface area (Å²) in [7, 11) is 0. The highest BCUT2D eigenvalue weighted by Crippen LogP contribution is 2.21. The fourth-order valence-electron chi connectivity index (χ4n) is 1.07. The molecular weight excluding hydrogens is 186 g/mol. The van der Waals surface area contributed by atoms with Gasteiger partial charge >= 0.3 is 5.97 Å². The molecule has 0 heterocycles. The van der Waals surface area contributed by atoms with Crippen LogP contribution >= 0.6 is 0 Å². The van der Waals surface area contributed by atoms with E-state index in [9.17, 15) is 9.90 Å². The minimum atomic E-state index is -1.15.